The number of aryl methyl sites for hydroxylation is 1. The molecule has 0 saturated carbocycles. The number of carbonyl (C=O) groups is 2. The smallest absolute Gasteiger partial charge is 0.253 e. The van der Waals surface area contributed by atoms with Crippen LogP contribution in [0.15, 0.2) is 66.7 Å². The van der Waals surface area contributed by atoms with Crippen LogP contribution in [0.3, 0.4) is 0 Å². The van der Waals surface area contributed by atoms with Gasteiger partial charge in [0.1, 0.15) is 0 Å². The Labute approximate surface area is 159 Å². The van der Waals surface area contributed by atoms with Gasteiger partial charge < -0.3 is 15.2 Å². The van der Waals surface area contributed by atoms with E-state index in [-0.39, 0.29) is 18.4 Å². The van der Waals surface area contributed by atoms with Crippen LogP contribution in [0, 0.1) is 13.8 Å². The van der Waals surface area contributed by atoms with Gasteiger partial charge in [-0.15, -0.1) is 0 Å². The molecule has 2 amide bonds. The normalized spacial score (nSPS) is 10.4. The summed E-state index contributed by atoms with van der Waals surface area (Å²) >= 11 is 0. The summed E-state index contributed by atoms with van der Waals surface area (Å²) < 4.78 is 2.03. The molecule has 1 heterocycles. The predicted molar refractivity (Wildman–Crippen MR) is 106 cm³/mol. The summed E-state index contributed by atoms with van der Waals surface area (Å²) in [4.78, 5) is 24.5. The van der Waals surface area contributed by atoms with E-state index in [1.165, 1.54) is 0 Å². The topological polar surface area (TPSA) is 63.1 Å². The third-order valence-electron chi connectivity index (χ3n) is 4.43. The van der Waals surface area contributed by atoms with Gasteiger partial charge in [0.25, 0.3) is 5.91 Å². The first-order valence-corrected chi connectivity index (χ1v) is 8.89. The first-order valence-electron chi connectivity index (χ1n) is 8.89. The molecule has 0 aliphatic rings. The second-order valence-electron chi connectivity index (χ2n) is 6.40. The SMILES string of the molecule is Cc1cc(C(=O)NCC(=O)NCc2ccccc2)c(C)n1-c1ccccc1. The van der Waals surface area contributed by atoms with Gasteiger partial charge >= 0.3 is 0 Å². The largest absolute Gasteiger partial charge is 0.350 e. The van der Waals surface area contributed by atoms with E-state index in [4.69, 9.17) is 0 Å². The molecule has 0 fully saturated rings. The molecule has 0 atom stereocenters. The van der Waals surface area contributed by atoms with Crippen molar-refractivity contribution < 1.29 is 9.59 Å². The van der Waals surface area contributed by atoms with Gasteiger partial charge in [-0.3, -0.25) is 9.59 Å². The molecule has 2 aromatic carbocycles. The van der Waals surface area contributed by atoms with E-state index in [2.05, 4.69) is 10.6 Å². The Morgan fingerprint density at radius 2 is 1.52 bits per heavy atom. The zero-order valence-corrected chi connectivity index (χ0v) is 15.5. The number of hydrogen-bond acceptors (Lipinski definition) is 2. The van der Waals surface area contributed by atoms with Crippen LogP contribution < -0.4 is 10.6 Å². The number of nitrogens with one attached hydrogen (secondary N) is 2. The number of amides is 2. The zero-order valence-electron chi connectivity index (χ0n) is 15.5. The molecule has 0 spiro atoms. The van der Waals surface area contributed by atoms with E-state index in [0.717, 1.165) is 22.6 Å². The van der Waals surface area contributed by atoms with Gasteiger partial charge in [-0.2, -0.15) is 0 Å². The highest BCUT2D eigenvalue weighted by Crippen LogP contribution is 2.20. The molecule has 3 aromatic rings. The number of benzene rings is 2. The lowest BCUT2D eigenvalue weighted by Crippen LogP contribution is -2.36. The first kappa shape index (κ1) is 18.5. The van der Waals surface area contributed by atoms with Crippen molar-refractivity contribution in [2.24, 2.45) is 0 Å². The Balaban J connectivity index is 1.61. The van der Waals surface area contributed by atoms with Gasteiger partial charge in [-0.1, -0.05) is 48.5 Å². The van der Waals surface area contributed by atoms with Crippen molar-refractivity contribution in [3.63, 3.8) is 0 Å². The van der Waals surface area contributed by atoms with Crippen LogP contribution in [0.5, 0.6) is 0 Å². The van der Waals surface area contributed by atoms with Crippen LogP contribution in [-0.4, -0.2) is 22.9 Å². The van der Waals surface area contributed by atoms with Crippen LogP contribution in [0.4, 0.5) is 0 Å². The third kappa shape index (κ3) is 4.44. The minimum atomic E-state index is -0.250. The molecule has 138 valence electrons. The number of rotatable bonds is 6. The quantitative estimate of drug-likeness (QED) is 0.708. The summed E-state index contributed by atoms with van der Waals surface area (Å²) in [6.45, 7) is 4.26. The highest BCUT2D eigenvalue weighted by atomic mass is 16.2. The van der Waals surface area contributed by atoms with Crippen molar-refractivity contribution in [3.05, 3.63) is 89.2 Å². The molecule has 0 unspecified atom stereocenters. The lowest BCUT2D eigenvalue weighted by Gasteiger charge is -2.10. The van der Waals surface area contributed by atoms with E-state index >= 15 is 0 Å². The van der Waals surface area contributed by atoms with Crippen molar-refractivity contribution in [1.82, 2.24) is 15.2 Å². The number of carbonyl (C=O) groups excluding carboxylic acids is 2. The molecule has 2 N–H and O–H groups in total. The maximum Gasteiger partial charge on any atom is 0.253 e. The van der Waals surface area contributed by atoms with Gasteiger partial charge in [-0.25, -0.2) is 0 Å². The van der Waals surface area contributed by atoms with Crippen molar-refractivity contribution in [2.75, 3.05) is 6.54 Å². The molecule has 1 aromatic heterocycles. The number of aromatic nitrogens is 1. The third-order valence-corrected chi connectivity index (χ3v) is 4.43. The molecule has 0 saturated heterocycles. The Morgan fingerprint density at radius 1 is 0.889 bits per heavy atom. The average Bonchev–Trinajstić information content (AvgIpc) is 3.00. The standard InChI is InChI=1S/C22H23N3O2/c1-16-13-20(17(2)25(16)19-11-7-4-8-12-19)22(27)24-15-21(26)23-14-18-9-5-3-6-10-18/h3-13H,14-15H2,1-2H3,(H,23,26)(H,24,27). The molecule has 0 aliphatic heterocycles. The van der Waals surface area contributed by atoms with Gasteiger partial charge in [0.2, 0.25) is 5.91 Å². The minimum absolute atomic E-state index is 0.0549. The molecule has 3 rings (SSSR count). The summed E-state index contributed by atoms with van der Waals surface area (Å²) in [6, 6.07) is 21.4. The number of hydrogen-bond donors (Lipinski definition) is 2. The van der Waals surface area contributed by atoms with E-state index in [0.29, 0.717) is 12.1 Å². The zero-order chi connectivity index (χ0) is 19.2. The maximum atomic E-state index is 12.5. The summed E-state index contributed by atoms with van der Waals surface area (Å²) in [6.07, 6.45) is 0. The molecular weight excluding hydrogens is 338 g/mol. The summed E-state index contributed by atoms with van der Waals surface area (Å²) in [5.41, 5.74) is 4.42. The van der Waals surface area contributed by atoms with Crippen molar-refractivity contribution in [3.8, 4) is 5.69 Å². The minimum Gasteiger partial charge on any atom is -0.350 e. The number of nitrogens with zero attached hydrogens (tertiary/aromatic N) is 1. The average molecular weight is 361 g/mol. The van der Waals surface area contributed by atoms with Gasteiger partial charge in [0.15, 0.2) is 0 Å². The fraction of sp³-hybridized carbons (Fsp3) is 0.182. The monoisotopic (exact) mass is 361 g/mol. The number of para-hydroxylation sites is 1. The Bertz CT molecular complexity index is 931. The predicted octanol–water partition coefficient (Wildman–Crippen LogP) is 3.14. The highest BCUT2D eigenvalue weighted by molar-refractivity contribution is 5.97. The molecule has 5 heteroatoms. The van der Waals surface area contributed by atoms with Crippen LogP contribution in [-0.2, 0) is 11.3 Å². The van der Waals surface area contributed by atoms with E-state index < -0.39 is 0 Å². The van der Waals surface area contributed by atoms with Gasteiger partial charge in [-0.05, 0) is 37.6 Å². The molecule has 27 heavy (non-hydrogen) atoms. The second-order valence-corrected chi connectivity index (χ2v) is 6.40. The summed E-state index contributed by atoms with van der Waals surface area (Å²) in [7, 11) is 0. The lowest BCUT2D eigenvalue weighted by molar-refractivity contribution is -0.120. The second kappa shape index (κ2) is 8.36. The van der Waals surface area contributed by atoms with E-state index in [1.807, 2.05) is 85.1 Å². The molecule has 0 radical (unpaired) electrons. The van der Waals surface area contributed by atoms with Gasteiger partial charge in [0, 0.05) is 23.6 Å². The van der Waals surface area contributed by atoms with E-state index in [1.54, 1.807) is 0 Å². The van der Waals surface area contributed by atoms with Crippen LogP contribution in [0.2, 0.25) is 0 Å². The summed E-state index contributed by atoms with van der Waals surface area (Å²) in [5.74, 6) is -0.468. The molecule has 5 nitrogen and oxygen atoms in total. The van der Waals surface area contributed by atoms with Crippen LogP contribution in [0.1, 0.15) is 27.3 Å². The molecule has 0 bridgehead atoms. The summed E-state index contributed by atoms with van der Waals surface area (Å²) in [5, 5.41) is 5.51. The Kier molecular flexibility index (Phi) is 5.71. The fourth-order valence-electron chi connectivity index (χ4n) is 3.08. The van der Waals surface area contributed by atoms with Crippen LogP contribution >= 0.6 is 0 Å². The lowest BCUT2D eigenvalue weighted by atomic mass is 10.2. The van der Waals surface area contributed by atoms with Crippen LogP contribution in [0.25, 0.3) is 5.69 Å². The first-order chi connectivity index (χ1) is 13.1. The molecular formula is C22H23N3O2. The Hall–Kier alpha value is -3.34. The van der Waals surface area contributed by atoms with Gasteiger partial charge in [0.05, 0.1) is 12.1 Å². The Morgan fingerprint density at radius 3 is 2.19 bits per heavy atom. The van der Waals surface area contributed by atoms with Crippen molar-refractivity contribution >= 4 is 11.8 Å². The molecule has 0 aliphatic carbocycles. The van der Waals surface area contributed by atoms with Crippen molar-refractivity contribution in [2.45, 2.75) is 20.4 Å². The highest BCUT2D eigenvalue weighted by Gasteiger charge is 2.17. The van der Waals surface area contributed by atoms with Crippen molar-refractivity contribution in [1.29, 1.82) is 0 Å². The van der Waals surface area contributed by atoms with E-state index in [9.17, 15) is 9.59 Å². The fourth-order valence-corrected chi connectivity index (χ4v) is 3.08. The maximum absolute atomic E-state index is 12.5.